The molecular weight excluding hydrogens is 274 g/mol. The molecule has 0 N–H and O–H groups in total. The maximum absolute atomic E-state index is 6.09. The fraction of sp³-hybridized carbons (Fsp3) is 0.0625. The van der Waals surface area contributed by atoms with Gasteiger partial charge in [-0.2, -0.15) is 0 Å². The second kappa shape index (κ2) is 5.55. The third-order valence-corrected chi connectivity index (χ3v) is 4.17. The van der Waals surface area contributed by atoms with Crippen molar-refractivity contribution >= 4 is 22.9 Å². The van der Waals surface area contributed by atoms with E-state index < -0.39 is 0 Å². The predicted molar refractivity (Wildman–Crippen MR) is 81.8 cm³/mol. The van der Waals surface area contributed by atoms with Crippen LogP contribution < -0.4 is 0 Å². The molecular formula is C16H12ClNS. The van der Waals surface area contributed by atoms with Crippen molar-refractivity contribution in [2.24, 2.45) is 0 Å². The quantitative estimate of drug-likeness (QED) is 0.656. The lowest BCUT2D eigenvalue weighted by atomic mass is 10.1. The first kappa shape index (κ1) is 12.4. The van der Waals surface area contributed by atoms with Gasteiger partial charge in [0, 0.05) is 6.42 Å². The van der Waals surface area contributed by atoms with Crippen LogP contribution in [0.3, 0.4) is 0 Å². The molecule has 94 valence electrons. The Bertz CT molecular complexity index is 662. The van der Waals surface area contributed by atoms with Gasteiger partial charge in [-0.3, -0.25) is 0 Å². The van der Waals surface area contributed by atoms with Crippen LogP contribution >= 0.6 is 22.9 Å². The topological polar surface area (TPSA) is 12.9 Å². The number of hydrogen-bond acceptors (Lipinski definition) is 2. The van der Waals surface area contributed by atoms with Gasteiger partial charge in [0.2, 0.25) is 0 Å². The van der Waals surface area contributed by atoms with E-state index in [0.29, 0.717) is 4.47 Å². The van der Waals surface area contributed by atoms with Crippen LogP contribution in [-0.2, 0) is 6.42 Å². The second-order valence-corrected chi connectivity index (χ2v) is 5.85. The third-order valence-electron chi connectivity index (χ3n) is 2.92. The summed E-state index contributed by atoms with van der Waals surface area (Å²) < 4.78 is 0.602. The highest BCUT2D eigenvalue weighted by molar-refractivity contribution is 7.19. The van der Waals surface area contributed by atoms with Crippen LogP contribution in [0.4, 0.5) is 0 Å². The van der Waals surface area contributed by atoms with Crippen molar-refractivity contribution in [2.45, 2.75) is 6.42 Å². The molecule has 1 aromatic heterocycles. The van der Waals surface area contributed by atoms with Crippen LogP contribution in [0.1, 0.15) is 11.3 Å². The average molecular weight is 286 g/mol. The molecule has 0 atom stereocenters. The van der Waals surface area contributed by atoms with E-state index in [1.165, 1.54) is 11.1 Å². The summed E-state index contributed by atoms with van der Waals surface area (Å²) in [6, 6.07) is 20.6. The average Bonchev–Trinajstić information content (AvgIpc) is 2.82. The fourth-order valence-corrected chi connectivity index (χ4v) is 3.19. The van der Waals surface area contributed by atoms with E-state index in [2.05, 4.69) is 29.2 Å². The Balaban J connectivity index is 1.99. The Labute approximate surface area is 121 Å². The molecule has 3 rings (SSSR count). The Morgan fingerprint density at radius 3 is 2.21 bits per heavy atom. The summed E-state index contributed by atoms with van der Waals surface area (Å²) in [5, 5.41) is 0. The Morgan fingerprint density at radius 2 is 1.53 bits per heavy atom. The number of rotatable bonds is 3. The van der Waals surface area contributed by atoms with Crippen molar-refractivity contribution in [1.29, 1.82) is 0 Å². The summed E-state index contributed by atoms with van der Waals surface area (Å²) in [4.78, 5) is 5.63. The molecule has 0 radical (unpaired) electrons. The molecule has 0 aliphatic carbocycles. The first-order chi connectivity index (χ1) is 9.33. The lowest BCUT2D eigenvalue weighted by molar-refractivity contribution is 1.11. The molecule has 0 unspecified atom stereocenters. The molecule has 0 aliphatic rings. The molecule has 0 amide bonds. The van der Waals surface area contributed by atoms with Gasteiger partial charge in [-0.25, -0.2) is 4.98 Å². The van der Waals surface area contributed by atoms with Gasteiger partial charge in [0.05, 0.1) is 10.6 Å². The Hall–Kier alpha value is -1.64. The molecule has 0 bridgehead atoms. The lowest BCUT2D eigenvalue weighted by Crippen LogP contribution is -1.90. The predicted octanol–water partition coefficient (Wildman–Crippen LogP) is 5.05. The summed E-state index contributed by atoms with van der Waals surface area (Å²) in [5.74, 6) is 0. The smallest absolute Gasteiger partial charge is 0.184 e. The normalized spacial score (nSPS) is 10.6. The van der Waals surface area contributed by atoms with Crippen molar-refractivity contribution < 1.29 is 0 Å². The maximum Gasteiger partial charge on any atom is 0.184 e. The summed E-state index contributed by atoms with van der Waals surface area (Å²) in [5.41, 5.74) is 3.48. The van der Waals surface area contributed by atoms with Crippen LogP contribution in [0.2, 0.25) is 4.47 Å². The number of benzene rings is 2. The van der Waals surface area contributed by atoms with Crippen LogP contribution in [0.25, 0.3) is 10.4 Å². The van der Waals surface area contributed by atoms with Crippen LogP contribution in [0, 0.1) is 0 Å². The van der Waals surface area contributed by atoms with Gasteiger partial charge in [0.1, 0.15) is 0 Å². The third kappa shape index (κ3) is 2.86. The number of hydrogen-bond donors (Lipinski definition) is 0. The highest BCUT2D eigenvalue weighted by Gasteiger charge is 2.12. The number of nitrogens with zero attached hydrogens (tertiary/aromatic N) is 1. The molecule has 3 heteroatoms. The maximum atomic E-state index is 6.09. The largest absolute Gasteiger partial charge is 0.229 e. The number of thiazole rings is 1. The summed E-state index contributed by atoms with van der Waals surface area (Å²) in [6.45, 7) is 0. The van der Waals surface area contributed by atoms with Gasteiger partial charge >= 0.3 is 0 Å². The van der Waals surface area contributed by atoms with Crippen LogP contribution in [0.5, 0.6) is 0 Å². The highest BCUT2D eigenvalue weighted by Crippen LogP contribution is 2.33. The van der Waals surface area contributed by atoms with Gasteiger partial charge in [-0.1, -0.05) is 72.3 Å². The lowest BCUT2D eigenvalue weighted by Gasteiger charge is -2.02. The van der Waals surface area contributed by atoms with Crippen molar-refractivity contribution in [2.75, 3.05) is 0 Å². The molecule has 0 spiro atoms. The minimum absolute atomic E-state index is 0.602. The monoisotopic (exact) mass is 285 g/mol. The standard InChI is InChI=1S/C16H12ClNS/c17-16-18-14(11-12-7-3-1-4-8-12)15(19-16)13-9-5-2-6-10-13/h1-10H,11H2. The summed E-state index contributed by atoms with van der Waals surface area (Å²) in [6.07, 6.45) is 0.814. The van der Waals surface area contributed by atoms with Crippen molar-refractivity contribution in [3.63, 3.8) is 0 Å². The SMILES string of the molecule is Clc1nc(Cc2ccccc2)c(-c2ccccc2)s1. The molecule has 1 nitrogen and oxygen atoms in total. The van der Waals surface area contributed by atoms with E-state index >= 15 is 0 Å². The zero-order valence-corrected chi connectivity index (χ0v) is 11.8. The Kier molecular flexibility index (Phi) is 3.62. The number of aromatic nitrogens is 1. The van der Waals surface area contributed by atoms with Gasteiger partial charge in [-0.15, -0.1) is 11.3 Å². The summed E-state index contributed by atoms with van der Waals surface area (Å²) >= 11 is 7.63. The van der Waals surface area contributed by atoms with E-state index in [0.717, 1.165) is 17.0 Å². The van der Waals surface area contributed by atoms with Crippen molar-refractivity contribution in [3.05, 3.63) is 76.4 Å². The van der Waals surface area contributed by atoms with E-state index in [9.17, 15) is 0 Å². The van der Waals surface area contributed by atoms with E-state index in [1.54, 1.807) is 11.3 Å². The second-order valence-electron chi connectivity index (χ2n) is 4.27. The van der Waals surface area contributed by atoms with Gasteiger partial charge in [0.25, 0.3) is 0 Å². The highest BCUT2D eigenvalue weighted by atomic mass is 35.5. The van der Waals surface area contributed by atoms with Crippen LogP contribution in [0.15, 0.2) is 60.7 Å². The van der Waals surface area contributed by atoms with E-state index in [1.807, 2.05) is 36.4 Å². The molecule has 1 heterocycles. The zero-order chi connectivity index (χ0) is 13.1. The molecule has 0 aliphatic heterocycles. The van der Waals surface area contributed by atoms with E-state index in [-0.39, 0.29) is 0 Å². The molecule has 19 heavy (non-hydrogen) atoms. The van der Waals surface area contributed by atoms with Crippen molar-refractivity contribution in [1.82, 2.24) is 4.98 Å². The minimum atomic E-state index is 0.602. The van der Waals surface area contributed by atoms with Crippen molar-refractivity contribution in [3.8, 4) is 10.4 Å². The number of halogens is 1. The zero-order valence-electron chi connectivity index (χ0n) is 10.2. The minimum Gasteiger partial charge on any atom is -0.229 e. The molecule has 0 fully saturated rings. The first-order valence-corrected chi connectivity index (χ1v) is 7.27. The van der Waals surface area contributed by atoms with Gasteiger partial charge in [0.15, 0.2) is 4.47 Å². The Morgan fingerprint density at radius 1 is 0.895 bits per heavy atom. The van der Waals surface area contributed by atoms with Gasteiger partial charge < -0.3 is 0 Å². The van der Waals surface area contributed by atoms with Crippen LogP contribution in [-0.4, -0.2) is 4.98 Å². The summed E-state index contributed by atoms with van der Waals surface area (Å²) in [7, 11) is 0. The molecule has 2 aromatic carbocycles. The molecule has 0 saturated heterocycles. The van der Waals surface area contributed by atoms with Gasteiger partial charge in [-0.05, 0) is 11.1 Å². The van der Waals surface area contributed by atoms with E-state index in [4.69, 9.17) is 11.6 Å². The molecule has 3 aromatic rings. The fourth-order valence-electron chi connectivity index (χ4n) is 2.05. The first-order valence-electron chi connectivity index (χ1n) is 6.07. The molecule has 0 saturated carbocycles.